The summed E-state index contributed by atoms with van der Waals surface area (Å²) in [7, 11) is 0. The van der Waals surface area contributed by atoms with E-state index in [0.717, 1.165) is 25.7 Å². The number of carbonyl (C=O) groups excluding carboxylic acids is 2. The van der Waals surface area contributed by atoms with Gasteiger partial charge in [0.05, 0.1) is 6.26 Å². The molecular weight excluding hydrogens is 332 g/mol. The third-order valence-corrected chi connectivity index (χ3v) is 6.75. The van der Waals surface area contributed by atoms with Gasteiger partial charge in [0, 0.05) is 6.07 Å². The number of H-pyrrole nitrogens is 1. The third kappa shape index (κ3) is 2.15. The van der Waals surface area contributed by atoms with Crippen molar-refractivity contribution < 1.29 is 14.0 Å². The number of primary amides is 1. The van der Waals surface area contributed by atoms with Crippen molar-refractivity contribution in [3.8, 4) is 11.5 Å². The minimum Gasteiger partial charge on any atom is -0.463 e. The van der Waals surface area contributed by atoms with Crippen LogP contribution in [0.3, 0.4) is 0 Å². The molecule has 7 nitrogen and oxygen atoms in total. The lowest BCUT2D eigenvalue weighted by molar-refractivity contribution is -0.142. The summed E-state index contributed by atoms with van der Waals surface area (Å²) in [4.78, 5) is 25.4. The molecule has 0 saturated heterocycles. The van der Waals surface area contributed by atoms with Crippen LogP contribution in [0.1, 0.15) is 42.6 Å². The van der Waals surface area contributed by atoms with Crippen LogP contribution in [0.25, 0.3) is 11.5 Å². The summed E-state index contributed by atoms with van der Waals surface area (Å²) in [5, 5.41) is 9.93. The van der Waals surface area contributed by atoms with E-state index in [0.29, 0.717) is 23.3 Å². The molecule has 0 aliphatic heterocycles. The predicted octanol–water partition coefficient (Wildman–Crippen LogP) is 2.08. The molecule has 7 heteroatoms. The van der Waals surface area contributed by atoms with E-state index in [1.54, 1.807) is 24.5 Å². The monoisotopic (exact) mass is 354 g/mol. The molecule has 0 aromatic carbocycles. The van der Waals surface area contributed by atoms with E-state index in [-0.39, 0.29) is 23.4 Å². The molecular formula is C19H22N4O3. The Hall–Kier alpha value is -2.57. The topological polar surface area (TPSA) is 114 Å². The maximum Gasteiger partial charge on any atom is 0.272 e. The van der Waals surface area contributed by atoms with Gasteiger partial charge in [-0.1, -0.05) is 0 Å². The Morgan fingerprint density at radius 3 is 2.46 bits per heavy atom. The van der Waals surface area contributed by atoms with Crippen LogP contribution >= 0.6 is 0 Å². The minimum atomic E-state index is -0.936. The van der Waals surface area contributed by atoms with Crippen LogP contribution in [-0.2, 0) is 4.79 Å². The van der Waals surface area contributed by atoms with E-state index < -0.39 is 11.4 Å². The molecule has 4 saturated carbocycles. The lowest BCUT2D eigenvalue weighted by Crippen LogP contribution is -2.71. The predicted molar refractivity (Wildman–Crippen MR) is 92.7 cm³/mol. The van der Waals surface area contributed by atoms with Crippen LogP contribution in [0.5, 0.6) is 0 Å². The number of aromatic nitrogens is 2. The lowest BCUT2D eigenvalue weighted by atomic mass is 9.48. The normalized spacial score (nSPS) is 34.8. The van der Waals surface area contributed by atoms with Crippen LogP contribution in [0, 0.1) is 23.7 Å². The Morgan fingerprint density at radius 1 is 1.19 bits per heavy atom. The third-order valence-electron chi connectivity index (χ3n) is 6.75. The summed E-state index contributed by atoms with van der Waals surface area (Å²) in [6.45, 7) is 0. The SMILES string of the molecule is NC(=O)C1(NC(=O)c2cc(-c3ccco3)[nH]n2)C2CC3CC(C2)CC1C3. The summed E-state index contributed by atoms with van der Waals surface area (Å²) in [5.74, 6) is 1.49. The Labute approximate surface area is 150 Å². The first-order valence-electron chi connectivity index (χ1n) is 9.28. The number of rotatable bonds is 4. The number of nitrogens with zero attached hydrogens (tertiary/aromatic N) is 1. The van der Waals surface area contributed by atoms with Gasteiger partial charge < -0.3 is 15.5 Å². The molecule has 26 heavy (non-hydrogen) atoms. The van der Waals surface area contributed by atoms with E-state index in [1.807, 2.05) is 0 Å². The first kappa shape index (κ1) is 15.7. The number of furan rings is 1. The van der Waals surface area contributed by atoms with Crippen LogP contribution in [0.2, 0.25) is 0 Å². The van der Waals surface area contributed by atoms with Crippen molar-refractivity contribution in [2.24, 2.45) is 29.4 Å². The van der Waals surface area contributed by atoms with Gasteiger partial charge >= 0.3 is 0 Å². The molecule has 0 radical (unpaired) electrons. The Balaban J connectivity index is 1.43. The van der Waals surface area contributed by atoms with E-state index in [2.05, 4.69) is 15.5 Å². The zero-order chi connectivity index (χ0) is 17.9. The van der Waals surface area contributed by atoms with E-state index >= 15 is 0 Å². The fraction of sp³-hybridized carbons (Fsp3) is 0.526. The number of hydrogen-bond donors (Lipinski definition) is 3. The molecule has 2 heterocycles. The van der Waals surface area contributed by atoms with Gasteiger partial charge in [-0.05, 0) is 67.9 Å². The van der Waals surface area contributed by atoms with Crippen molar-refractivity contribution >= 4 is 11.8 Å². The van der Waals surface area contributed by atoms with Gasteiger partial charge in [0.1, 0.15) is 11.2 Å². The fourth-order valence-corrected chi connectivity index (χ4v) is 5.84. The zero-order valence-corrected chi connectivity index (χ0v) is 14.4. The molecule has 0 spiro atoms. The minimum absolute atomic E-state index is 0.142. The van der Waals surface area contributed by atoms with Crippen molar-refractivity contribution in [1.82, 2.24) is 15.5 Å². The van der Waals surface area contributed by atoms with Gasteiger partial charge in [0.25, 0.3) is 5.91 Å². The largest absolute Gasteiger partial charge is 0.463 e. The molecule has 6 rings (SSSR count). The maximum atomic E-state index is 12.9. The highest BCUT2D eigenvalue weighted by atomic mass is 16.3. The molecule has 0 atom stereocenters. The smallest absolute Gasteiger partial charge is 0.272 e. The van der Waals surface area contributed by atoms with Crippen LogP contribution in [0.15, 0.2) is 28.9 Å². The summed E-state index contributed by atoms with van der Waals surface area (Å²) < 4.78 is 5.32. The van der Waals surface area contributed by atoms with Crippen molar-refractivity contribution in [2.75, 3.05) is 0 Å². The maximum absolute atomic E-state index is 12.9. The van der Waals surface area contributed by atoms with Crippen LogP contribution in [-0.4, -0.2) is 27.6 Å². The fourth-order valence-electron chi connectivity index (χ4n) is 5.84. The van der Waals surface area contributed by atoms with Crippen molar-refractivity contribution in [1.29, 1.82) is 0 Å². The van der Waals surface area contributed by atoms with Gasteiger partial charge in [-0.15, -0.1) is 0 Å². The molecule has 4 aliphatic carbocycles. The molecule has 2 aromatic heterocycles. The summed E-state index contributed by atoms with van der Waals surface area (Å²) in [5.41, 5.74) is 5.79. The number of nitrogens with one attached hydrogen (secondary N) is 2. The number of nitrogens with two attached hydrogens (primary N) is 1. The summed E-state index contributed by atoms with van der Waals surface area (Å²) in [6.07, 6.45) is 6.75. The number of carbonyl (C=O) groups is 2. The summed E-state index contributed by atoms with van der Waals surface area (Å²) in [6, 6.07) is 5.20. The van der Waals surface area contributed by atoms with Crippen LogP contribution < -0.4 is 11.1 Å². The molecule has 0 unspecified atom stereocenters. The van der Waals surface area contributed by atoms with E-state index in [1.165, 1.54) is 6.42 Å². The van der Waals surface area contributed by atoms with Crippen molar-refractivity contribution in [3.05, 3.63) is 30.2 Å². The van der Waals surface area contributed by atoms with Gasteiger partial charge in [-0.3, -0.25) is 14.7 Å². The Morgan fingerprint density at radius 2 is 1.88 bits per heavy atom. The molecule has 4 fully saturated rings. The zero-order valence-electron chi connectivity index (χ0n) is 14.4. The lowest BCUT2D eigenvalue weighted by Gasteiger charge is -2.59. The van der Waals surface area contributed by atoms with Crippen LogP contribution in [0.4, 0.5) is 0 Å². The number of hydrogen-bond acceptors (Lipinski definition) is 4. The quantitative estimate of drug-likeness (QED) is 0.780. The van der Waals surface area contributed by atoms with Gasteiger partial charge in [0.2, 0.25) is 5.91 Å². The second kappa shape index (κ2) is 5.46. The average Bonchev–Trinajstić information content (AvgIpc) is 3.27. The average molecular weight is 354 g/mol. The second-order valence-corrected chi connectivity index (χ2v) is 8.14. The highest BCUT2D eigenvalue weighted by Gasteiger charge is 2.61. The Kier molecular flexibility index (Phi) is 3.29. The molecule has 4 bridgehead atoms. The first-order valence-corrected chi connectivity index (χ1v) is 9.28. The van der Waals surface area contributed by atoms with E-state index in [9.17, 15) is 9.59 Å². The number of amides is 2. The molecule has 4 N–H and O–H groups in total. The highest BCUT2D eigenvalue weighted by molar-refractivity contribution is 5.98. The number of aromatic amines is 1. The molecule has 2 amide bonds. The van der Waals surface area contributed by atoms with Crippen molar-refractivity contribution in [2.45, 2.75) is 37.6 Å². The first-order chi connectivity index (χ1) is 12.6. The van der Waals surface area contributed by atoms with Crippen molar-refractivity contribution in [3.63, 3.8) is 0 Å². The second-order valence-electron chi connectivity index (χ2n) is 8.14. The summed E-state index contributed by atoms with van der Waals surface area (Å²) >= 11 is 0. The molecule has 4 aliphatic rings. The van der Waals surface area contributed by atoms with Gasteiger partial charge in [0.15, 0.2) is 11.5 Å². The molecule has 136 valence electrons. The Bertz CT molecular complexity index is 826. The molecule has 2 aromatic rings. The van der Waals surface area contributed by atoms with E-state index in [4.69, 9.17) is 10.2 Å². The van der Waals surface area contributed by atoms with Gasteiger partial charge in [-0.2, -0.15) is 5.10 Å². The standard InChI is InChI=1S/C19H22N4O3/c20-18(25)19(12-5-10-4-11(7-12)8-13(19)6-10)21-17(24)15-9-14(22-23-15)16-2-1-3-26-16/h1-3,9-13H,4-8H2,(H2,20,25)(H,21,24)(H,22,23). The van der Waals surface area contributed by atoms with Gasteiger partial charge in [-0.25, -0.2) is 0 Å². The highest BCUT2D eigenvalue weighted by Crippen LogP contribution is 2.58.